The zero-order valence-corrected chi connectivity index (χ0v) is 19.0. The Morgan fingerprint density at radius 1 is 0.931 bits per heavy atom. The van der Waals surface area contributed by atoms with E-state index in [1.807, 2.05) is 0 Å². The third-order valence-electron chi connectivity index (χ3n) is 11.4. The molecule has 0 spiro atoms. The summed E-state index contributed by atoms with van der Waals surface area (Å²) >= 11 is 0. The second-order valence-electron chi connectivity index (χ2n) is 12.6. The molecule has 0 radical (unpaired) electrons. The van der Waals surface area contributed by atoms with E-state index in [9.17, 15) is 5.11 Å². The maximum absolute atomic E-state index is 10.3. The summed E-state index contributed by atoms with van der Waals surface area (Å²) in [6, 6.07) is 0.887. The molecule has 2 heteroatoms. The summed E-state index contributed by atoms with van der Waals surface area (Å²) in [6.07, 6.45) is 14.5. The van der Waals surface area contributed by atoms with E-state index in [2.05, 4.69) is 31.7 Å². The van der Waals surface area contributed by atoms with Crippen LogP contribution in [0.3, 0.4) is 0 Å². The SMILES string of the molecule is C[C@H]1CC[C@H]2[C@@H](C)[C@H]3CC[C@@H]4[C@@H](C[C@H]5[C@H]4CC=C4C[C@@H](O)CC[C@@]45C)[C@@H]3CN2C1. The molecule has 0 amide bonds. The largest absolute Gasteiger partial charge is 0.393 e. The molecule has 0 aromatic heterocycles. The van der Waals surface area contributed by atoms with Crippen molar-refractivity contribution in [1.82, 2.24) is 4.90 Å². The van der Waals surface area contributed by atoms with Crippen LogP contribution in [0.1, 0.15) is 78.6 Å². The minimum Gasteiger partial charge on any atom is -0.393 e. The van der Waals surface area contributed by atoms with Crippen molar-refractivity contribution in [1.29, 1.82) is 0 Å². The van der Waals surface area contributed by atoms with Gasteiger partial charge in [-0.3, -0.25) is 4.90 Å². The molecule has 2 saturated heterocycles. The number of nitrogens with zero attached hydrogens (tertiary/aromatic N) is 1. The molecule has 4 aliphatic carbocycles. The molecule has 162 valence electrons. The second-order valence-corrected chi connectivity index (χ2v) is 12.6. The lowest BCUT2D eigenvalue weighted by Crippen LogP contribution is -2.58. The molecule has 2 aliphatic heterocycles. The van der Waals surface area contributed by atoms with Crippen molar-refractivity contribution in [2.24, 2.45) is 52.8 Å². The summed E-state index contributed by atoms with van der Waals surface area (Å²) in [5.41, 5.74) is 2.03. The van der Waals surface area contributed by atoms with Crippen molar-refractivity contribution in [2.45, 2.75) is 90.7 Å². The van der Waals surface area contributed by atoms with Gasteiger partial charge in [-0.15, -0.1) is 0 Å². The molecule has 29 heavy (non-hydrogen) atoms. The van der Waals surface area contributed by atoms with Crippen molar-refractivity contribution in [2.75, 3.05) is 13.1 Å². The lowest BCUT2D eigenvalue weighted by molar-refractivity contribution is -0.0715. The Kier molecular flexibility index (Phi) is 4.56. The molecule has 11 atom stereocenters. The Hall–Kier alpha value is -0.340. The summed E-state index contributed by atoms with van der Waals surface area (Å²) in [5.74, 6) is 7.61. The average molecular weight is 398 g/mol. The highest BCUT2D eigenvalue weighted by atomic mass is 16.3. The fraction of sp³-hybridized carbons (Fsp3) is 0.926. The van der Waals surface area contributed by atoms with E-state index >= 15 is 0 Å². The number of allylic oxidation sites excluding steroid dienone is 1. The first-order valence-corrected chi connectivity index (χ1v) is 13.1. The molecule has 1 N–H and O–H groups in total. The van der Waals surface area contributed by atoms with Gasteiger partial charge in [0.15, 0.2) is 0 Å². The molecule has 6 rings (SSSR count). The van der Waals surface area contributed by atoms with E-state index in [1.54, 1.807) is 5.57 Å². The topological polar surface area (TPSA) is 23.5 Å². The van der Waals surface area contributed by atoms with Crippen LogP contribution < -0.4 is 0 Å². The average Bonchev–Trinajstić information content (AvgIpc) is 3.09. The van der Waals surface area contributed by atoms with E-state index in [0.717, 1.165) is 66.2 Å². The fourth-order valence-corrected chi connectivity index (χ4v) is 9.95. The van der Waals surface area contributed by atoms with E-state index < -0.39 is 0 Å². The van der Waals surface area contributed by atoms with Crippen molar-refractivity contribution in [3.8, 4) is 0 Å². The Morgan fingerprint density at radius 2 is 1.76 bits per heavy atom. The van der Waals surface area contributed by atoms with Crippen LogP contribution in [0.2, 0.25) is 0 Å². The molecule has 3 saturated carbocycles. The monoisotopic (exact) mass is 397 g/mol. The zero-order chi connectivity index (χ0) is 19.9. The van der Waals surface area contributed by atoms with Crippen molar-refractivity contribution >= 4 is 0 Å². The summed E-state index contributed by atoms with van der Waals surface area (Å²) in [6.45, 7) is 10.5. The third-order valence-corrected chi connectivity index (χ3v) is 11.4. The normalized spacial score (nSPS) is 57.0. The minimum atomic E-state index is -0.0730. The van der Waals surface area contributed by atoms with Gasteiger partial charge in [-0.1, -0.05) is 32.4 Å². The molecule has 0 aromatic carbocycles. The van der Waals surface area contributed by atoms with Gasteiger partial charge in [0.05, 0.1) is 6.10 Å². The highest BCUT2D eigenvalue weighted by Crippen LogP contribution is 2.65. The van der Waals surface area contributed by atoms with Gasteiger partial charge in [-0.2, -0.15) is 0 Å². The summed E-state index contributed by atoms with van der Waals surface area (Å²) in [7, 11) is 0. The van der Waals surface area contributed by atoms with Gasteiger partial charge in [-0.25, -0.2) is 0 Å². The lowest BCUT2D eigenvalue weighted by atomic mass is 9.56. The lowest BCUT2D eigenvalue weighted by Gasteiger charge is -2.56. The van der Waals surface area contributed by atoms with Gasteiger partial charge in [0.25, 0.3) is 0 Å². The fourth-order valence-electron chi connectivity index (χ4n) is 9.95. The Labute approximate surface area is 178 Å². The second kappa shape index (κ2) is 6.83. The van der Waals surface area contributed by atoms with E-state index in [1.165, 1.54) is 58.0 Å². The van der Waals surface area contributed by atoms with Crippen LogP contribution in [0.15, 0.2) is 11.6 Å². The number of hydrogen-bond acceptors (Lipinski definition) is 2. The number of fused-ring (bicyclic) bond motifs is 8. The number of piperidine rings is 2. The summed E-state index contributed by atoms with van der Waals surface area (Å²) in [5, 5.41) is 10.3. The Bertz CT molecular complexity index is 684. The molecule has 2 heterocycles. The van der Waals surface area contributed by atoms with Crippen LogP contribution >= 0.6 is 0 Å². The van der Waals surface area contributed by atoms with Gasteiger partial charge in [-0.05, 0) is 111 Å². The summed E-state index contributed by atoms with van der Waals surface area (Å²) in [4.78, 5) is 2.95. The third kappa shape index (κ3) is 2.80. The minimum absolute atomic E-state index is 0.0730. The van der Waals surface area contributed by atoms with Crippen molar-refractivity contribution in [3.63, 3.8) is 0 Å². The molecule has 0 unspecified atom stereocenters. The Morgan fingerprint density at radius 3 is 2.62 bits per heavy atom. The smallest absolute Gasteiger partial charge is 0.0577 e. The Balaban J connectivity index is 1.27. The number of hydrogen-bond donors (Lipinski definition) is 1. The van der Waals surface area contributed by atoms with Crippen LogP contribution in [0, 0.1) is 52.8 Å². The standard InChI is InChI=1S/C27H43NO/c1-16-4-9-26-17(2)20-7-8-21-22-6-5-18-12-19(29)10-11-27(18,3)25(22)13-23(21)24(20)15-28(26)14-16/h5,16-17,19-26,29H,4,6-15H2,1-3H3/t16-,17-,19-,20+,21-,22-,23+,24+,25-,26-,27-/m0/s1. The number of rotatable bonds is 0. The van der Waals surface area contributed by atoms with Gasteiger partial charge in [0.1, 0.15) is 0 Å². The number of aliphatic hydroxyl groups is 1. The first-order chi connectivity index (χ1) is 14.0. The number of aliphatic hydroxyl groups excluding tert-OH is 1. The highest BCUT2D eigenvalue weighted by molar-refractivity contribution is 5.25. The molecular weight excluding hydrogens is 354 g/mol. The quantitative estimate of drug-likeness (QED) is 0.545. The van der Waals surface area contributed by atoms with Crippen LogP contribution in [-0.4, -0.2) is 35.2 Å². The first-order valence-electron chi connectivity index (χ1n) is 13.1. The predicted octanol–water partition coefficient (Wildman–Crippen LogP) is 5.51. The maximum atomic E-state index is 10.3. The molecule has 2 nitrogen and oxygen atoms in total. The molecular formula is C27H43NO. The molecule has 0 bridgehead atoms. The van der Waals surface area contributed by atoms with Gasteiger partial charge < -0.3 is 5.11 Å². The van der Waals surface area contributed by atoms with Gasteiger partial charge in [0.2, 0.25) is 0 Å². The van der Waals surface area contributed by atoms with Crippen LogP contribution in [0.5, 0.6) is 0 Å². The van der Waals surface area contributed by atoms with Crippen molar-refractivity contribution < 1.29 is 5.11 Å². The van der Waals surface area contributed by atoms with E-state index in [4.69, 9.17) is 0 Å². The summed E-state index contributed by atoms with van der Waals surface area (Å²) < 4.78 is 0. The predicted molar refractivity (Wildman–Crippen MR) is 118 cm³/mol. The van der Waals surface area contributed by atoms with Gasteiger partial charge >= 0.3 is 0 Å². The molecule has 6 aliphatic rings. The zero-order valence-electron chi connectivity index (χ0n) is 19.0. The maximum Gasteiger partial charge on any atom is 0.0577 e. The van der Waals surface area contributed by atoms with Crippen LogP contribution in [0.4, 0.5) is 0 Å². The van der Waals surface area contributed by atoms with Crippen LogP contribution in [0.25, 0.3) is 0 Å². The van der Waals surface area contributed by atoms with Crippen molar-refractivity contribution in [3.05, 3.63) is 11.6 Å². The van der Waals surface area contributed by atoms with E-state index in [0.29, 0.717) is 5.41 Å². The highest BCUT2D eigenvalue weighted by Gasteiger charge is 2.59. The van der Waals surface area contributed by atoms with Crippen LogP contribution in [-0.2, 0) is 0 Å². The first kappa shape index (κ1) is 19.4. The van der Waals surface area contributed by atoms with E-state index in [-0.39, 0.29) is 6.10 Å². The molecule has 0 aromatic rings. The van der Waals surface area contributed by atoms with Gasteiger partial charge in [0, 0.05) is 19.1 Å². The molecule has 5 fully saturated rings.